The minimum Gasteiger partial charge on any atom is -0.344 e. The monoisotopic (exact) mass is 330 g/mol. The van der Waals surface area contributed by atoms with Crippen molar-refractivity contribution >= 4 is 11.8 Å². The highest BCUT2D eigenvalue weighted by Gasteiger charge is 2.60. The van der Waals surface area contributed by atoms with Gasteiger partial charge in [0.25, 0.3) is 0 Å². The number of carbonyl (C=O) groups is 2. The highest BCUT2D eigenvalue weighted by atomic mass is 19.1. The zero-order valence-corrected chi connectivity index (χ0v) is 14.1. The summed E-state index contributed by atoms with van der Waals surface area (Å²) in [6.45, 7) is 1.36. The summed E-state index contributed by atoms with van der Waals surface area (Å²) in [6, 6.07) is 6.57. The Hall–Kier alpha value is -1.91. The average molecular weight is 330 g/mol. The Morgan fingerprint density at radius 3 is 2.42 bits per heavy atom. The van der Waals surface area contributed by atoms with Crippen LogP contribution in [0.15, 0.2) is 24.3 Å². The van der Waals surface area contributed by atoms with Gasteiger partial charge in [0, 0.05) is 25.7 Å². The normalized spacial score (nSPS) is 28.5. The van der Waals surface area contributed by atoms with Crippen molar-refractivity contribution in [3.8, 4) is 0 Å². The molecule has 1 aliphatic carbocycles. The smallest absolute Gasteiger partial charge is 0.248 e. The van der Waals surface area contributed by atoms with Crippen molar-refractivity contribution in [2.75, 3.05) is 20.1 Å². The molecule has 0 aromatic heterocycles. The van der Waals surface area contributed by atoms with Gasteiger partial charge in [-0.25, -0.2) is 4.39 Å². The zero-order chi connectivity index (χ0) is 16.9. The molecule has 1 saturated carbocycles. The second-order valence-corrected chi connectivity index (χ2v) is 7.48. The second kappa shape index (κ2) is 5.30. The van der Waals surface area contributed by atoms with E-state index >= 15 is 0 Å². The molecule has 1 aromatic carbocycles. The lowest BCUT2D eigenvalue weighted by molar-refractivity contribution is -0.155. The SMILES string of the molecule is CN1CCCC2(CCCN2C(=O)C2(c3ccccc3F)CC2)C1=O. The van der Waals surface area contributed by atoms with E-state index in [9.17, 15) is 14.0 Å². The fourth-order valence-corrected chi connectivity index (χ4v) is 4.66. The van der Waals surface area contributed by atoms with Crippen LogP contribution in [0.25, 0.3) is 0 Å². The standard InChI is InChI=1S/C19H23FN2O2/c1-21-12-4-8-19(17(21)24)9-5-13-22(19)16(23)18(10-11-18)14-6-2-3-7-15(14)20/h2-3,6-7H,4-5,8-13H2,1H3. The molecule has 1 aromatic rings. The molecule has 24 heavy (non-hydrogen) atoms. The van der Waals surface area contributed by atoms with Gasteiger partial charge in [-0.2, -0.15) is 0 Å². The molecule has 1 atom stereocenters. The third kappa shape index (κ3) is 2.03. The fraction of sp³-hybridized carbons (Fsp3) is 0.579. The molecule has 3 fully saturated rings. The molecule has 5 heteroatoms. The highest BCUT2D eigenvalue weighted by molar-refractivity contribution is 5.98. The van der Waals surface area contributed by atoms with Crippen LogP contribution in [0.2, 0.25) is 0 Å². The summed E-state index contributed by atoms with van der Waals surface area (Å²) in [5.41, 5.74) is -0.946. The van der Waals surface area contributed by atoms with Crippen LogP contribution >= 0.6 is 0 Å². The maximum absolute atomic E-state index is 14.3. The highest BCUT2D eigenvalue weighted by Crippen LogP contribution is 2.53. The number of likely N-dealkylation sites (N-methyl/N-ethyl adjacent to an activating group) is 1. The van der Waals surface area contributed by atoms with Crippen molar-refractivity contribution in [2.45, 2.75) is 49.5 Å². The summed E-state index contributed by atoms with van der Waals surface area (Å²) in [6.07, 6.45) is 4.56. The van der Waals surface area contributed by atoms with Crippen molar-refractivity contribution in [2.24, 2.45) is 0 Å². The van der Waals surface area contributed by atoms with Gasteiger partial charge in [0.1, 0.15) is 11.4 Å². The van der Waals surface area contributed by atoms with E-state index in [0.29, 0.717) is 24.9 Å². The summed E-state index contributed by atoms with van der Waals surface area (Å²) in [4.78, 5) is 29.8. The molecular formula is C19H23FN2O2. The minimum absolute atomic E-state index is 0.0475. The van der Waals surface area contributed by atoms with Gasteiger partial charge in [0.15, 0.2) is 0 Å². The molecule has 0 bridgehead atoms. The Labute approximate surface area is 141 Å². The van der Waals surface area contributed by atoms with Gasteiger partial charge in [0.05, 0.1) is 5.41 Å². The van der Waals surface area contributed by atoms with E-state index in [1.54, 1.807) is 28.0 Å². The minimum atomic E-state index is -0.751. The predicted octanol–water partition coefficient (Wildman–Crippen LogP) is 2.47. The van der Waals surface area contributed by atoms with Crippen LogP contribution in [-0.2, 0) is 15.0 Å². The van der Waals surface area contributed by atoms with Crippen molar-refractivity contribution in [3.63, 3.8) is 0 Å². The topological polar surface area (TPSA) is 40.6 Å². The van der Waals surface area contributed by atoms with E-state index in [-0.39, 0.29) is 17.6 Å². The third-order valence-electron chi connectivity index (χ3n) is 6.11. The maximum atomic E-state index is 14.3. The van der Waals surface area contributed by atoms with Crippen molar-refractivity contribution < 1.29 is 14.0 Å². The van der Waals surface area contributed by atoms with E-state index in [2.05, 4.69) is 0 Å². The first-order valence-corrected chi connectivity index (χ1v) is 8.84. The number of carbonyl (C=O) groups excluding carboxylic acids is 2. The first-order chi connectivity index (χ1) is 11.5. The Kier molecular flexibility index (Phi) is 3.44. The van der Waals surface area contributed by atoms with Crippen LogP contribution in [-0.4, -0.2) is 47.3 Å². The number of benzene rings is 1. The molecule has 2 amide bonds. The van der Waals surface area contributed by atoms with Crippen molar-refractivity contribution in [3.05, 3.63) is 35.6 Å². The van der Waals surface area contributed by atoms with E-state index < -0.39 is 11.0 Å². The molecule has 4 nitrogen and oxygen atoms in total. The molecule has 3 aliphatic rings. The summed E-state index contributed by atoms with van der Waals surface area (Å²) in [5.74, 6) is -0.304. The summed E-state index contributed by atoms with van der Waals surface area (Å²) >= 11 is 0. The van der Waals surface area contributed by atoms with Crippen molar-refractivity contribution in [1.29, 1.82) is 0 Å². The Balaban J connectivity index is 1.69. The van der Waals surface area contributed by atoms with Gasteiger partial charge in [-0.15, -0.1) is 0 Å². The largest absolute Gasteiger partial charge is 0.344 e. The Bertz CT molecular complexity index is 700. The molecule has 0 radical (unpaired) electrons. The number of nitrogens with zero attached hydrogens (tertiary/aromatic N) is 2. The lowest BCUT2D eigenvalue weighted by Gasteiger charge is -2.44. The number of hydrogen-bond acceptors (Lipinski definition) is 2. The number of amides is 2. The second-order valence-electron chi connectivity index (χ2n) is 7.48. The van der Waals surface area contributed by atoms with E-state index in [4.69, 9.17) is 0 Å². The third-order valence-corrected chi connectivity index (χ3v) is 6.11. The van der Waals surface area contributed by atoms with E-state index in [1.807, 2.05) is 7.05 Å². The Morgan fingerprint density at radius 1 is 1.08 bits per heavy atom. The molecule has 128 valence electrons. The van der Waals surface area contributed by atoms with E-state index in [1.165, 1.54) is 6.07 Å². The summed E-state index contributed by atoms with van der Waals surface area (Å²) in [5, 5.41) is 0. The lowest BCUT2D eigenvalue weighted by Crippen LogP contribution is -2.62. The van der Waals surface area contributed by atoms with Crippen LogP contribution in [0.1, 0.15) is 44.1 Å². The quantitative estimate of drug-likeness (QED) is 0.836. The van der Waals surface area contributed by atoms with Crippen LogP contribution in [0.5, 0.6) is 0 Å². The van der Waals surface area contributed by atoms with Crippen LogP contribution in [0, 0.1) is 5.82 Å². The Morgan fingerprint density at radius 2 is 1.75 bits per heavy atom. The molecule has 2 heterocycles. The van der Waals surface area contributed by atoms with Crippen LogP contribution in [0.3, 0.4) is 0 Å². The van der Waals surface area contributed by atoms with Gasteiger partial charge in [0.2, 0.25) is 11.8 Å². The van der Waals surface area contributed by atoms with Crippen LogP contribution in [0.4, 0.5) is 4.39 Å². The van der Waals surface area contributed by atoms with E-state index in [0.717, 1.165) is 32.2 Å². The van der Waals surface area contributed by atoms with Gasteiger partial charge in [-0.1, -0.05) is 18.2 Å². The predicted molar refractivity (Wildman–Crippen MR) is 87.9 cm³/mol. The first kappa shape index (κ1) is 15.6. The zero-order valence-electron chi connectivity index (χ0n) is 14.1. The number of piperidine rings is 1. The molecule has 1 spiro atoms. The van der Waals surface area contributed by atoms with Crippen molar-refractivity contribution in [1.82, 2.24) is 9.80 Å². The summed E-state index contributed by atoms with van der Waals surface area (Å²) < 4.78 is 14.3. The molecule has 4 rings (SSSR count). The van der Waals surface area contributed by atoms with Crippen LogP contribution < -0.4 is 0 Å². The van der Waals surface area contributed by atoms with Gasteiger partial charge >= 0.3 is 0 Å². The average Bonchev–Trinajstić information content (AvgIpc) is 3.27. The number of likely N-dealkylation sites (tertiary alicyclic amines) is 2. The van der Waals surface area contributed by atoms with Gasteiger partial charge in [-0.3, -0.25) is 9.59 Å². The fourth-order valence-electron chi connectivity index (χ4n) is 4.66. The summed E-state index contributed by atoms with van der Waals surface area (Å²) in [7, 11) is 1.81. The first-order valence-electron chi connectivity index (χ1n) is 8.84. The molecule has 2 aliphatic heterocycles. The molecule has 0 N–H and O–H groups in total. The molecule has 2 saturated heterocycles. The maximum Gasteiger partial charge on any atom is 0.248 e. The van der Waals surface area contributed by atoms with Gasteiger partial charge in [-0.05, 0) is 44.6 Å². The number of hydrogen-bond donors (Lipinski definition) is 0. The number of halogens is 1. The number of rotatable bonds is 2. The molecule has 1 unspecified atom stereocenters. The van der Waals surface area contributed by atoms with Gasteiger partial charge < -0.3 is 9.80 Å². The molecular weight excluding hydrogens is 307 g/mol. The lowest BCUT2D eigenvalue weighted by atomic mass is 9.84.